The van der Waals surface area contributed by atoms with E-state index in [1.807, 2.05) is 0 Å². The molecule has 0 saturated heterocycles. The maximum atomic E-state index is 12.2. The molecule has 0 heterocycles. The minimum atomic E-state index is -0.821. The lowest BCUT2D eigenvalue weighted by molar-refractivity contribution is -0.153. The number of hydrogen-bond donors (Lipinski definition) is 2. The summed E-state index contributed by atoms with van der Waals surface area (Å²) in [5.41, 5.74) is 7.10. The van der Waals surface area contributed by atoms with Crippen molar-refractivity contribution < 1.29 is 19.1 Å². The lowest BCUT2D eigenvalue weighted by Crippen LogP contribution is -2.36. The fraction of sp³-hybridized carbons (Fsp3) is 0.312. The van der Waals surface area contributed by atoms with Gasteiger partial charge in [-0.05, 0) is 20.8 Å². The second-order valence-electron chi connectivity index (χ2n) is 5.98. The van der Waals surface area contributed by atoms with E-state index in [1.54, 1.807) is 39.0 Å². The second-order valence-corrected chi connectivity index (χ2v) is 5.98. The standard InChI is InChI=1S/C16H17N3O4/c1-16(2,3)23-11(20)8-18-13-12(19-17)9-6-4-5-7-10(9)14(21)15(13)22/h4-7,17-18H,8H2,1-3H3. The van der Waals surface area contributed by atoms with E-state index in [4.69, 9.17) is 10.3 Å². The summed E-state index contributed by atoms with van der Waals surface area (Å²) < 4.78 is 5.13. The number of rotatable bonds is 4. The monoisotopic (exact) mass is 315 g/mol. The molecule has 0 fully saturated rings. The van der Waals surface area contributed by atoms with Crippen molar-refractivity contribution in [2.75, 3.05) is 6.54 Å². The first-order valence-corrected chi connectivity index (χ1v) is 7.00. The number of allylic oxidation sites excluding steroid dienone is 1. The molecule has 0 bridgehead atoms. The van der Waals surface area contributed by atoms with Crippen molar-refractivity contribution in [2.24, 2.45) is 5.11 Å². The number of hydrogen-bond acceptors (Lipinski definition) is 7. The van der Waals surface area contributed by atoms with Gasteiger partial charge in [0.25, 0.3) is 5.78 Å². The van der Waals surface area contributed by atoms with E-state index in [0.29, 0.717) is 5.56 Å². The Labute approximate surface area is 133 Å². The van der Waals surface area contributed by atoms with E-state index in [0.717, 1.165) is 0 Å². The van der Waals surface area contributed by atoms with Gasteiger partial charge in [0.2, 0.25) is 5.78 Å². The van der Waals surface area contributed by atoms with Crippen LogP contribution in [0.5, 0.6) is 0 Å². The summed E-state index contributed by atoms with van der Waals surface area (Å²) in [5, 5.41) is 5.94. The van der Waals surface area contributed by atoms with Gasteiger partial charge in [-0.1, -0.05) is 24.3 Å². The number of ketones is 2. The SMILES string of the molecule is CC(C)(C)OC(=O)CNC1=C(N=N)c2ccccc2C(=O)C1=O. The topological polar surface area (TPSA) is 109 Å². The zero-order valence-corrected chi connectivity index (χ0v) is 13.1. The molecule has 1 aromatic carbocycles. The number of nitrogens with one attached hydrogen (secondary N) is 2. The third-order valence-electron chi connectivity index (χ3n) is 3.04. The zero-order valence-electron chi connectivity index (χ0n) is 13.1. The highest BCUT2D eigenvalue weighted by molar-refractivity contribution is 6.52. The van der Waals surface area contributed by atoms with Crippen molar-refractivity contribution in [3.63, 3.8) is 0 Å². The Bertz CT molecular complexity index is 729. The summed E-state index contributed by atoms with van der Waals surface area (Å²) in [7, 11) is 0. The summed E-state index contributed by atoms with van der Waals surface area (Å²) in [5.74, 6) is -2.09. The van der Waals surface area contributed by atoms with E-state index in [1.165, 1.54) is 6.07 Å². The molecule has 0 spiro atoms. The van der Waals surface area contributed by atoms with Crippen LogP contribution < -0.4 is 5.32 Å². The summed E-state index contributed by atoms with van der Waals surface area (Å²) >= 11 is 0. The molecule has 2 rings (SSSR count). The Morgan fingerprint density at radius 1 is 1.17 bits per heavy atom. The van der Waals surface area contributed by atoms with Crippen LogP contribution in [0, 0.1) is 5.53 Å². The number of fused-ring (bicyclic) bond motifs is 1. The van der Waals surface area contributed by atoms with Crippen molar-refractivity contribution in [2.45, 2.75) is 26.4 Å². The van der Waals surface area contributed by atoms with Gasteiger partial charge in [-0.2, -0.15) is 5.11 Å². The van der Waals surface area contributed by atoms with E-state index in [-0.39, 0.29) is 23.5 Å². The highest BCUT2D eigenvalue weighted by Gasteiger charge is 2.33. The quantitative estimate of drug-likeness (QED) is 0.502. The Morgan fingerprint density at radius 2 is 1.78 bits per heavy atom. The van der Waals surface area contributed by atoms with Gasteiger partial charge in [0.05, 0.1) is 0 Å². The van der Waals surface area contributed by atoms with Gasteiger partial charge in [-0.15, -0.1) is 0 Å². The highest BCUT2D eigenvalue weighted by Crippen LogP contribution is 2.29. The molecule has 1 aromatic rings. The van der Waals surface area contributed by atoms with Crippen molar-refractivity contribution in [3.05, 3.63) is 41.1 Å². The molecule has 120 valence electrons. The average Bonchev–Trinajstić information content (AvgIpc) is 2.47. The molecule has 7 nitrogen and oxygen atoms in total. The van der Waals surface area contributed by atoms with Crippen LogP contribution >= 0.6 is 0 Å². The first kappa shape index (κ1) is 16.5. The first-order chi connectivity index (χ1) is 10.7. The van der Waals surface area contributed by atoms with Crippen LogP contribution in [0.15, 0.2) is 35.1 Å². The fourth-order valence-electron chi connectivity index (χ4n) is 2.18. The van der Waals surface area contributed by atoms with Gasteiger partial charge >= 0.3 is 5.97 Å². The lowest BCUT2D eigenvalue weighted by Gasteiger charge is -2.21. The van der Waals surface area contributed by atoms with Gasteiger partial charge in [-0.3, -0.25) is 14.4 Å². The molecule has 0 aromatic heterocycles. The molecule has 1 aliphatic carbocycles. The number of benzene rings is 1. The van der Waals surface area contributed by atoms with Crippen molar-refractivity contribution in [1.29, 1.82) is 5.53 Å². The number of ether oxygens (including phenoxy) is 1. The maximum absolute atomic E-state index is 12.2. The van der Waals surface area contributed by atoms with Gasteiger partial charge < -0.3 is 10.1 Å². The van der Waals surface area contributed by atoms with Crippen LogP contribution in [0.4, 0.5) is 0 Å². The fourth-order valence-corrected chi connectivity index (χ4v) is 2.18. The van der Waals surface area contributed by atoms with Crippen LogP contribution in [0.25, 0.3) is 5.70 Å². The minimum absolute atomic E-state index is 0.0359. The summed E-state index contributed by atoms with van der Waals surface area (Å²) in [6.07, 6.45) is 0. The van der Waals surface area contributed by atoms with Gasteiger partial charge in [0.1, 0.15) is 23.5 Å². The Hall–Kier alpha value is -2.83. The van der Waals surface area contributed by atoms with Crippen LogP contribution in [0.3, 0.4) is 0 Å². The third kappa shape index (κ3) is 3.50. The van der Waals surface area contributed by atoms with E-state index >= 15 is 0 Å². The Morgan fingerprint density at radius 3 is 2.35 bits per heavy atom. The largest absolute Gasteiger partial charge is 0.459 e. The number of nitrogens with zero attached hydrogens (tertiary/aromatic N) is 1. The van der Waals surface area contributed by atoms with Gasteiger partial charge in [0, 0.05) is 11.1 Å². The molecular weight excluding hydrogens is 298 g/mol. The number of esters is 1. The molecule has 0 amide bonds. The third-order valence-corrected chi connectivity index (χ3v) is 3.04. The van der Waals surface area contributed by atoms with Crippen LogP contribution in [0.1, 0.15) is 36.7 Å². The summed E-state index contributed by atoms with van der Waals surface area (Å²) in [6, 6.07) is 6.41. The lowest BCUT2D eigenvalue weighted by atomic mass is 9.90. The van der Waals surface area contributed by atoms with E-state index in [2.05, 4.69) is 10.4 Å². The predicted octanol–water partition coefficient (Wildman–Crippen LogP) is 2.08. The molecule has 1 aliphatic rings. The summed E-state index contributed by atoms with van der Waals surface area (Å²) in [4.78, 5) is 36.1. The minimum Gasteiger partial charge on any atom is -0.459 e. The van der Waals surface area contributed by atoms with Crippen LogP contribution in [-0.4, -0.2) is 29.7 Å². The van der Waals surface area contributed by atoms with Gasteiger partial charge in [-0.25, -0.2) is 5.53 Å². The predicted molar refractivity (Wildman–Crippen MR) is 81.7 cm³/mol. The van der Waals surface area contributed by atoms with E-state index < -0.39 is 23.1 Å². The molecule has 0 saturated carbocycles. The summed E-state index contributed by atoms with van der Waals surface area (Å²) in [6.45, 7) is 4.87. The van der Waals surface area contributed by atoms with Gasteiger partial charge in [0.15, 0.2) is 0 Å². The van der Waals surface area contributed by atoms with Crippen LogP contribution in [-0.2, 0) is 14.3 Å². The smallest absolute Gasteiger partial charge is 0.325 e. The van der Waals surface area contributed by atoms with Crippen molar-refractivity contribution >= 4 is 23.2 Å². The molecular formula is C16H17N3O4. The number of Topliss-reactive ketones (excluding diaryl/α,β-unsaturated/α-hetero) is 2. The molecule has 0 radical (unpaired) electrons. The van der Waals surface area contributed by atoms with Crippen LogP contribution in [0.2, 0.25) is 0 Å². The van der Waals surface area contributed by atoms with Crippen molar-refractivity contribution in [3.8, 4) is 0 Å². The molecule has 0 unspecified atom stereocenters. The molecule has 7 heteroatoms. The molecule has 23 heavy (non-hydrogen) atoms. The number of carbonyl (C=O) groups is 3. The highest BCUT2D eigenvalue weighted by atomic mass is 16.6. The Kier molecular flexibility index (Phi) is 4.40. The molecule has 2 N–H and O–H groups in total. The Balaban J connectivity index is 2.30. The molecule has 0 aliphatic heterocycles. The zero-order chi connectivity index (χ0) is 17.2. The number of carbonyl (C=O) groups excluding carboxylic acids is 3. The van der Waals surface area contributed by atoms with Crippen molar-refractivity contribution in [1.82, 2.24) is 5.32 Å². The molecule has 0 atom stereocenters. The first-order valence-electron chi connectivity index (χ1n) is 7.00. The maximum Gasteiger partial charge on any atom is 0.325 e. The normalized spacial score (nSPS) is 14.4. The van der Waals surface area contributed by atoms with E-state index in [9.17, 15) is 14.4 Å². The average molecular weight is 315 g/mol. The second kappa shape index (κ2) is 6.12.